The van der Waals surface area contributed by atoms with Gasteiger partial charge in [-0.3, -0.25) is 20.0 Å². The van der Waals surface area contributed by atoms with Crippen molar-refractivity contribution in [1.29, 1.82) is 0 Å². The summed E-state index contributed by atoms with van der Waals surface area (Å²) in [4.78, 5) is 20.6. The summed E-state index contributed by atoms with van der Waals surface area (Å²) in [6, 6.07) is -0.101. The average Bonchev–Trinajstić information content (AvgIpc) is 3.43. The summed E-state index contributed by atoms with van der Waals surface area (Å²) in [5.41, 5.74) is 6.40. The van der Waals surface area contributed by atoms with Gasteiger partial charge in [-0.05, 0) is 25.2 Å². The molecule has 0 bridgehead atoms. The van der Waals surface area contributed by atoms with Gasteiger partial charge in [-0.1, -0.05) is 19.3 Å². The van der Waals surface area contributed by atoms with Crippen molar-refractivity contribution in [3.63, 3.8) is 0 Å². The van der Waals surface area contributed by atoms with Gasteiger partial charge in [0.1, 0.15) is 12.3 Å². The molecular formula is C19H35N5O3. The van der Waals surface area contributed by atoms with Crippen LogP contribution in [0.3, 0.4) is 0 Å². The molecule has 0 spiro atoms. The van der Waals surface area contributed by atoms with Crippen LogP contribution >= 0.6 is 0 Å². The van der Waals surface area contributed by atoms with Crippen molar-refractivity contribution in [1.82, 2.24) is 26.1 Å². The number of hydrogen-bond donors (Lipinski definition) is 3. The molecule has 3 unspecified atom stereocenters. The summed E-state index contributed by atoms with van der Waals surface area (Å²) in [7, 11) is 1.76. The van der Waals surface area contributed by atoms with Crippen LogP contribution in [0.2, 0.25) is 0 Å². The quantitative estimate of drug-likeness (QED) is 0.607. The number of rotatable bonds is 6. The Kier molecular flexibility index (Phi) is 6.62. The van der Waals surface area contributed by atoms with Gasteiger partial charge in [0.2, 0.25) is 5.91 Å². The fourth-order valence-corrected chi connectivity index (χ4v) is 4.90. The van der Waals surface area contributed by atoms with Crippen LogP contribution in [0.25, 0.3) is 0 Å². The minimum Gasteiger partial charge on any atom is -0.380 e. The Bertz CT molecular complexity index is 502. The molecule has 1 amide bonds. The zero-order chi connectivity index (χ0) is 18.6. The van der Waals surface area contributed by atoms with Crippen LogP contribution < -0.4 is 16.2 Å². The van der Waals surface area contributed by atoms with E-state index in [9.17, 15) is 4.79 Å². The molecule has 4 fully saturated rings. The lowest BCUT2D eigenvalue weighted by atomic mass is 9.89. The zero-order valence-corrected chi connectivity index (χ0v) is 16.5. The molecule has 1 saturated carbocycles. The van der Waals surface area contributed by atoms with Crippen molar-refractivity contribution < 1.29 is 14.4 Å². The Hall–Kier alpha value is -0.770. The van der Waals surface area contributed by atoms with Crippen molar-refractivity contribution in [2.75, 3.05) is 39.8 Å². The smallest absolute Gasteiger partial charge is 0.239 e. The normalized spacial score (nSPS) is 36.5. The highest BCUT2D eigenvalue weighted by molar-refractivity contribution is 5.82. The molecule has 8 heteroatoms. The van der Waals surface area contributed by atoms with Gasteiger partial charge in [-0.25, -0.2) is 5.01 Å². The van der Waals surface area contributed by atoms with Crippen LogP contribution in [0, 0.1) is 5.92 Å². The van der Waals surface area contributed by atoms with Gasteiger partial charge in [0.05, 0.1) is 12.1 Å². The Morgan fingerprint density at radius 2 is 2.07 bits per heavy atom. The van der Waals surface area contributed by atoms with Gasteiger partial charge in [-0.15, -0.1) is 0 Å². The number of hydrogen-bond acceptors (Lipinski definition) is 7. The third-order valence-electron chi connectivity index (χ3n) is 6.57. The largest absolute Gasteiger partial charge is 0.380 e. The fraction of sp³-hybridized carbons (Fsp3) is 0.947. The summed E-state index contributed by atoms with van der Waals surface area (Å²) >= 11 is 0. The van der Waals surface area contributed by atoms with Crippen LogP contribution in [-0.2, 0) is 14.4 Å². The molecule has 3 heterocycles. The summed E-state index contributed by atoms with van der Waals surface area (Å²) in [6.45, 7) is 4.65. The number of hydroxylamine groups is 1. The van der Waals surface area contributed by atoms with Crippen molar-refractivity contribution in [3.8, 4) is 0 Å². The Balaban J connectivity index is 1.17. The standard InChI is InChI=1S/C19H35N5O3/c1-26-16-7-8-23(13-16)18-9-17(22-27-18)19(25)21-15-10-20-24(12-15)11-14-5-3-2-4-6-14/h14-18,20,22H,2-13H2,1H3,(H,21,25)/t15?,16-,17?,18?/m0/s1. The molecule has 4 rings (SSSR count). The van der Waals surface area contributed by atoms with E-state index in [4.69, 9.17) is 9.57 Å². The van der Waals surface area contributed by atoms with Crippen molar-refractivity contribution >= 4 is 5.91 Å². The van der Waals surface area contributed by atoms with Crippen LogP contribution in [0.15, 0.2) is 0 Å². The number of hydrazine groups is 1. The van der Waals surface area contributed by atoms with Crippen LogP contribution in [0.4, 0.5) is 0 Å². The highest BCUT2D eigenvalue weighted by Crippen LogP contribution is 2.25. The number of amides is 1. The lowest BCUT2D eigenvalue weighted by Crippen LogP contribution is -2.47. The van der Waals surface area contributed by atoms with E-state index in [1.807, 2.05) is 0 Å². The Labute approximate surface area is 162 Å². The predicted octanol–water partition coefficient (Wildman–Crippen LogP) is 0.212. The molecule has 3 aliphatic heterocycles. The van der Waals surface area contributed by atoms with Crippen LogP contribution in [-0.4, -0.2) is 80.1 Å². The number of ether oxygens (including phenoxy) is 1. The lowest BCUT2D eigenvalue weighted by Gasteiger charge is -2.26. The van der Waals surface area contributed by atoms with Gasteiger partial charge in [-0.2, -0.15) is 5.48 Å². The van der Waals surface area contributed by atoms with Crippen LogP contribution in [0.5, 0.6) is 0 Å². The number of likely N-dealkylation sites (tertiary alicyclic amines) is 1. The number of carbonyl (C=O) groups excluding carboxylic acids is 1. The number of nitrogens with one attached hydrogen (secondary N) is 3. The number of nitrogens with zero attached hydrogens (tertiary/aromatic N) is 2. The van der Waals surface area contributed by atoms with Gasteiger partial charge >= 0.3 is 0 Å². The van der Waals surface area contributed by atoms with E-state index in [1.165, 1.54) is 32.1 Å². The second-order valence-electron chi connectivity index (χ2n) is 8.60. The van der Waals surface area contributed by atoms with E-state index in [0.29, 0.717) is 6.42 Å². The van der Waals surface area contributed by atoms with Crippen molar-refractivity contribution in [2.24, 2.45) is 5.92 Å². The minimum atomic E-state index is -0.274. The van der Waals surface area contributed by atoms with Crippen molar-refractivity contribution in [3.05, 3.63) is 0 Å². The molecule has 154 valence electrons. The highest BCUT2D eigenvalue weighted by Gasteiger charge is 2.38. The highest BCUT2D eigenvalue weighted by atomic mass is 16.7. The maximum atomic E-state index is 12.6. The summed E-state index contributed by atoms with van der Waals surface area (Å²) < 4.78 is 5.42. The maximum Gasteiger partial charge on any atom is 0.239 e. The first-order valence-corrected chi connectivity index (χ1v) is 10.7. The molecule has 0 radical (unpaired) electrons. The SMILES string of the molecule is CO[C@H]1CCN(C2CC(C(=O)NC3CNN(CC4CCCCC4)C3)NO2)C1. The van der Waals surface area contributed by atoms with E-state index in [1.54, 1.807) is 7.11 Å². The van der Waals surface area contributed by atoms with E-state index in [0.717, 1.165) is 45.1 Å². The molecule has 3 N–H and O–H groups in total. The second kappa shape index (κ2) is 9.15. The molecule has 0 aromatic rings. The first-order chi connectivity index (χ1) is 13.2. The average molecular weight is 382 g/mol. The topological polar surface area (TPSA) is 78.1 Å². The molecule has 4 atom stereocenters. The first kappa shape index (κ1) is 19.5. The summed E-state index contributed by atoms with van der Waals surface area (Å²) in [5, 5.41) is 5.49. The molecular weight excluding hydrogens is 346 g/mol. The maximum absolute atomic E-state index is 12.6. The van der Waals surface area contributed by atoms with E-state index < -0.39 is 0 Å². The lowest BCUT2D eigenvalue weighted by molar-refractivity contribution is -0.125. The number of carbonyl (C=O) groups is 1. The molecule has 4 aliphatic rings. The monoisotopic (exact) mass is 381 g/mol. The summed E-state index contributed by atoms with van der Waals surface area (Å²) in [6.07, 6.45) is 8.78. The van der Waals surface area contributed by atoms with Gasteiger partial charge < -0.3 is 10.1 Å². The zero-order valence-electron chi connectivity index (χ0n) is 16.5. The van der Waals surface area contributed by atoms with E-state index >= 15 is 0 Å². The minimum absolute atomic E-state index is 0.0367. The van der Waals surface area contributed by atoms with E-state index in [-0.39, 0.29) is 30.3 Å². The second-order valence-corrected chi connectivity index (χ2v) is 8.60. The van der Waals surface area contributed by atoms with Gasteiger partial charge in [0, 0.05) is 46.3 Å². The van der Waals surface area contributed by atoms with Crippen molar-refractivity contribution in [2.45, 2.75) is 69.4 Å². The third kappa shape index (κ3) is 4.99. The predicted molar refractivity (Wildman–Crippen MR) is 101 cm³/mol. The van der Waals surface area contributed by atoms with Gasteiger partial charge in [0.15, 0.2) is 0 Å². The fourth-order valence-electron chi connectivity index (χ4n) is 4.90. The molecule has 0 aromatic heterocycles. The molecule has 8 nitrogen and oxygen atoms in total. The van der Waals surface area contributed by atoms with Gasteiger partial charge in [0.25, 0.3) is 0 Å². The third-order valence-corrected chi connectivity index (χ3v) is 6.57. The molecule has 3 saturated heterocycles. The van der Waals surface area contributed by atoms with Crippen LogP contribution in [0.1, 0.15) is 44.9 Å². The number of methoxy groups -OCH3 is 1. The first-order valence-electron chi connectivity index (χ1n) is 10.7. The molecule has 0 aromatic carbocycles. The molecule has 27 heavy (non-hydrogen) atoms. The van der Waals surface area contributed by atoms with E-state index in [2.05, 4.69) is 26.1 Å². The Morgan fingerprint density at radius 3 is 2.85 bits per heavy atom. The summed E-state index contributed by atoms with van der Waals surface area (Å²) in [5.74, 6) is 0.856. The molecule has 1 aliphatic carbocycles. The Morgan fingerprint density at radius 1 is 1.22 bits per heavy atom.